The summed E-state index contributed by atoms with van der Waals surface area (Å²) in [5, 5.41) is 2.98. The van der Waals surface area contributed by atoms with Gasteiger partial charge >= 0.3 is 5.97 Å². The molecule has 1 aliphatic rings. The van der Waals surface area contributed by atoms with Gasteiger partial charge in [-0.2, -0.15) is 0 Å². The van der Waals surface area contributed by atoms with Crippen LogP contribution in [0.15, 0.2) is 71.8 Å². The van der Waals surface area contributed by atoms with E-state index < -0.39 is 59.0 Å². The molecule has 13 heteroatoms. The molecule has 1 aliphatic heterocycles. The number of rotatable bonds is 7. The first-order valence-electron chi connectivity index (χ1n) is 14.9. The second-order valence-electron chi connectivity index (χ2n) is 11.5. The van der Waals surface area contributed by atoms with Gasteiger partial charge in [-0.15, -0.1) is 0 Å². The van der Waals surface area contributed by atoms with E-state index >= 15 is 0 Å². The highest BCUT2D eigenvalue weighted by Gasteiger charge is 2.38. The van der Waals surface area contributed by atoms with Crippen LogP contribution in [0.4, 0.5) is 8.78 Å². The van der Waals surface area contributed by atoms with E-state index in [1.54, 1.807) is 31.2 Å². The fourth-order valence-corrected chi connectivity index (χ4v) is 7.22. The smallest absolute Gasteiger partial charge is 0.337 e. The van der Waals surface area contributed by atoms with Crippen molar-refractivity contribution in [3.05, 3.63) is 94.7 Å². The van der Waals surface area contributed by atoms with Crippen LogP contribution >= 0.6 is 0 Å². The van der Waals surface area contributed by atoms with Crippen molar-refractivity contribution >= 4 is 38.7 Å². The van der Waals surface area contributed by atoms with E-state index in [4.69, 9.17) is 9.47 Å². The molecule has 0 spiro atoms. The Hall–Kier alpha value is -4.78. The number of halogens is 2. The lowest BCUT2D eigenvalue weighted by Gasteiger charge is -2.34. The van der Waals surface area contributed by atoms with Gasteiger partial charge in [0.2, 0.25) is 17.7 Å². The lowest BCUT2D eigenvalue weighted by Crippen LogP contribution is -2.45. The normalized spacial score (nSPS) is 17.3. The number of carbonyl (C=O) groups excluding carboxylic acids is 3. The minimum Gasteiger partial charge on any atom is -0.496 e. The van der Waals surface area contributed by atoms with Crippen molar-refractivity contribution in [2.45, 2.75) is 56.5 Å². The number of hydrogen-bond acceptors (Lipinski definition) is 7. The summed E-state index contributed by atoms with van der Waals surface area (Å²) in [7, 11) is -1.39. The van der Waals surface area contributed by atoms with Gasteiger partial charge < -0.3 is 19.7 Å². The van der Waals surface area contributed by atoms with Crippen molar-refractivity contribution in [1.29, 1.82) is 0 Å². The molecule has 1 fully saturated rings. The maximum absolute atomic E-state index is 14.6. The van der Waals surface area contributed by atoms with Crippen molar-refractivity contribution in [2.24, 2.45) is 0 Å². The second-order valence-corrected chi connectivity index (χ2v) is 13.3. The summed E-state index contributed by atoms with van der Waals surface area (Å²) in [5.41, 5.74) is 2.73. The number of esters is 1. The summed E-state index contributed by atoms with van der Waals surface area (Å²) >= 11 is 0. The number of hydrogen-bond donors (Lipinski definition) is 1. The van der Waals surface area contributed by atoms with Crippen LogP contribution < -0.4 is 10.1 Å². The molecule has 3 aromatic carbocycles. The second kappa shape index (κ2) is 13.1. The Kier molecular flexibility index (Phi) is 9.39. The third-order valence-electron chi connectivity index (χ3n) is 8.34. The van der Waals surface area contributed by atoms with Crippen LogP contribution in [0.3, 0.4) is 0 Å². The van der Waals surface area contributed by atoms with Gasteiger partial charge in [-0.1, -0.05) is 29.8 Å². The molecule has 1 aromatic heterocycles. The van der Waals surface area contributed by atoms with Crippen LogP contribution in [0.1, 0.15) is 57.9 Å². The molecule has 2 amide bonds. The monoisotopic (exact) mass is 667 g/mol. The Bertz CT molecular complexity index is 1940. The van der Waals surface area contributed by atoms with E-state index in [1.807, 2.05) is 6.92 Å². The summed E-state index contributed by atoms with van der Waals surface area (Å²) in [4.78, 5) is 40.9. The maximum atomic E-state index is 14.6. The van der Waals surface area contributed by atoms with Crippen molar-refractivity contribution in [1.82, 2.24) is 14.2 Å². The van der Waals surface area contributed by atoms with E-state index in [0.29, 0.717) is 33.3 Å². The van der Waals surface area contributed by atoms with Crippen molar-refractivity contribution in [2.75, 3.05) is 20.8 Å². The average molecular weight is 668 g/mol. The zero-order chi connectivity index (χ0) is 34.1. The zero-order valence-electron chi connectivity index (χ0n) is 26.4. The van der Waals surface area contributed by atoms with E-state index in [9.17, 15) is 31.6 Å². The highest BCUT2D eigenvalue weighted by molar-refractivity contribution is 7.90. The van der Waals surface area contributed by atoms with Gasteiger partial charge in [0.05, 0.1) is 36.7 Å². The van der Waals surface area contributed by atoms with Crippen molar-refractivity contribution in [3.63, 3.8) is 0 Å². The molecule has 4 aromatic rings. The third-order valence-corrected chi connectivity index (χ3v) is 10.0. The van der Waals surface area contributed by atoms with Gasteiger partial charge in [-0.05, 0) is 61.4 Å². The largest absolute Gasteiger partial charge is 0.496 e. The molecular formula is C34H35F2N3O7S. The first-order valence-corrected chi connectivity index (χ1v) is 16.3. The molecule has 1 saturated heterocycles. The van der Waals surface area contributed by atoms with Gasteiger partial charge in [0.25, 0.3) is 10.0 Å². The molecule has 248 valence electrons. The first kappa shape index (κ1) is 33.6. The zero-order valence-corrected chi connectivity index (χ0v) is 27.2. The summed E-state index contributed by atoms with van der Waals surface area (Å²) < 4.78 is 68.4. The predicted octanol–water partition coefficient (Wildman–Crippen LogP) is 5.30. The molecule has 1 unspecified atom stereocenters. The van der Waals surface area contributed by atoms with Crippen LogP contribution in [0, 0.1) is 13.8 Å². The lowest BCUT2D eigenvalue weighted by molar-refractivity contribution is -0.144. The number of nitrogens with zero attached hydrogens (tertiary/aromatic N) is 2. The van der Waals surface area contributed by atoms with Crippen LogP contribution in [-0.4, -0.2) is 61.8 Å². The summed E-state index contributed by atoms with van der Waals surface area (Å²) in [6.45, 7) is 2.98. The van der Waals surface area contributed by atoms with Gasteiger partial charge in [0.15, 0.2) is 0 Å². The number of alkyl halides is 2. The first-order chi connectivity index (χ1) is 22.3. The molecule has 10 nitrogen and oxygen atoms in total. The third kappa shape index (κ3) is 6.71. The molecule has 5 rings (SSSR count). The fourth-order valence-electron chi connectivity index (χ4n) is 5.81. The van der Waals surface area contributed by atoms with Gasteiger partial charge in [-0.25, -0.2) is 26.0 Å². The number of ether oxygens (including phenoxy) is 2. The summed E-state index contributed by atoms with van der Waals surface area (Å²) in [5.74, 6) is -4.87. The quantitative estimate of drug-likeness (QED) is 0.266. The molecule has 0 bridgehead atoms. The van der Waals surface area contributed by atoms with E-state index in [1.165, 1.54) is 61.7 Å². The number of amides is 2. The van der Waals surface area contributed by atoms with Crippen molar-refractivity contribution in [3.8, 4) is 5.75 Å². The van der Waals surface area contributed by atoms with Gasteiger partial charge in [0.1, 0.15) is 11.8 Å². The highest BCUT2D eigenvalue weighted by Crippen LogP contribution is 2.37. The maximum Gasteiger partial charge on any atom is 0.337 e. The van der Waals surface area contributed by atoms with Crippen LogP contribution in [-0.2, 0) is 30.9 Å². The van der Waals surface area contributed by atoms with Gasteiger partial charge in [0, 0.05) is 43.0 Å². The minimum absolute atomic E-state index is 0.0803. The molecule has 0 saturated carbocycles. The fraction of sp³-hybridized carbons (Fsp3) is 0.324. The number of benzene rings is 3. The highest BCUT2D eigenvalue weighted by atomic mass is 32.2. The molecule has 1 atom stereocenters. The predicted molar refractivity (Wildman–Crippen MR) is 170 cm³/mol. The molecule has 1 N–H and O–H groups in total. The van der Waals surface area contributed by atoms with Crippen LogP contribution in [0.2, 0.25) is 0 Å². The Morgan fingerprint density at radius 2 is 1.68 bits per heavy atom. The number of aryl methyl sites for hydroxylation is 2. The Labute approximate surface area is 271 Å². The number of fused-ring (bicyclic) bond motifs is 1. The average Bonchev–Trinajstić information content (AvgIpc) is 3.51. The summed E-state index contributed by atoms with van der Waals surface area (Å²) in [6, 6.07) is 14.3. The Balaban J connectivity index is 1.66. The Morgan fingerprint density at radius 3 is 2.32 bits per heavy atom. The van der Waals surface area contributed by atoms with E-state index in [2.05, 4.69) is 5.32 Å². The standard InChI is InChI=1S/C34H35F2N3O7S/c1-21-5-11-25(12-6-21)47(43,44)39-18-14-26-27(28(45-3)19-22(2)30(26)39)20-38-29(40)13-15-34(35,36)16-17-37-32(41)31(38)23-7-9-24(10-8-23)33(42)46-4/h5-12,14,18-19,31H,13,15-17,20H2,1-4H3,(H,37,41). The number of aromatic nitrogens is 1. The lowest BCUT2D eigenvalue weighted by atomic mass is 9.98. The minimum atomic E-state index is -4.04. The SMILES string of the molecule is COC(=O)c1ccc(C2C(=O)NCCC(F)(F)CCC(=O)N2Cc2c(OC)cc(C)c3c2ccn3S(=O)(=O)c2ccc(C)cc2)cc1. The number of carbonyl (C=O) groups is 3. The molecule has 2 heterocycles. The van der Waals surface area contributed by atoms with E-state index in [0.717, 1.165) is 9.54 Å². The molecular weight excluding hydrogens is 632 g/mol. The van der Waals surface area contributed by atoms with Crippen molar-refractivity contribution < 1.29 is 41.1 Å². The molecule has 0 radical (unpaired) electrons. The Morgan fingerprint density at radius 1 is 1.00 bits per heavy atom. The number of methoxy groups -OCH3 is 2. The topological polar surface area (TPSA) is 124 Å². The van der Waals surface area contributed by atoms with E-state index in [-0.39, 0.29) is 23.5 Å². The molecule has 0 aliphatic carbocycles. The molecule has 47 heavy (non-hydrogen) atoms. The van der Waals surface area contributed by atoms with Crippen LogP contribution in [0.25, 0.3) is 10.9 Å². The van der Waals surface area contributed by atoms with Crippen LogP contribution in [0.5, 0.6) is 5.75 Å². The number of nitrogens with one attached hydrogen (secondary N) is 1. The summed E-state index contributed by atoms with van der Waals surface area (Å²) in [6.07, 6.45) is -0.485. The van der Waals surface area contributed by atoms with Gasteiger partial charge in [-0.3, -0.25) is 9.59 Å².